The number of fused-ring (bicyclic) bond motifs is 1. The SMILES string of the molecule is C=Cc1cc(C2(NC(=O)c3cc(OCC4CCN4C)c(NC(C)=O)cc3C)CC2)c2cccnc2c1. The molecule has 0 radical (unpaired) electrons. The van der Waals surface area contributed by atoms with E-state index in [0.29, 0.717) is 29.6 Å². The standard InChI is InChI=1S/C29H32N4O3/c1-5-20-14-24(22-7-6-11-30-25(22)15-20)29(9-10-29)32-28(35)23-16-27(36-17-21-8-12-33(21)4)26(13-18(23)2)31-19(3)34/h5-7,11,13-16,21H,1,8-10,12,17H2,2-4H3,(H,31,34)(H,32,35). The molecule has 1 saturated carbocycles. The Kier molecular flexibility index (Phi) is 6.26. The van der Waals surface area contributed by atoms with Gasteiger partial charge in [-0.25, -0.2) is 0 Å². The summed E-state index contributed by atoms with van der Waals surface area (Å²) in [5.74, 6) is 0.164. The normalized spacial score (nSPS) is 18.2. The lowest BCUT2D eigenvalue weighted by molar-refractivity contribution is -0.114. The van der Waals surface area contributed by atoms with Crippen molar-refractivity contribution in [2.24, 2.45) is 0 Å². The molecule has 1 aromatic heterocycles. The number of ether oxygens (including phenoxy) is 1. The van der Waals surface area contributed by atoms with Crippen molar-refractivity contribution in [1.82, 2.24) is 15.2 Å². The minimum atomic E-state index is -0.449. The lowest BCUT2D eigenvalue weighted by Gasteiger charge is -2.37. The monoisotopic (exact) mass is 484 g/mol. The van der Waals surface area contributed by atoms with Gasteiger partial charge in [0.15, 0.2) is 0 Å². The van der Waals surface area contributed by atoms with E-state index >= 15 is 0 Å². The van der Waals surface area contributed by atoms with E-state index in [4.69, 9.17) is 4.74 Å². The zero-order valence-corrected chi connectivity index (χ0v) is 21.1. The number of hydrogen-bond acceptors (Lipinski definition) is 5. The molecule has 5 rings (SSSR count). The Balaban J connectivity index is 1.45. The number of benzene rings is 2. The highest BCUT2D eigenvalue weighted by molar-refractivity contribution is 5.99. The van der Waals surface area contributed by atoms with Crippen LogP contribution in [0.3, 0.4) is 0 Å². The molecular weight excluding hydrogens is 452 g/mol. The molecule has 7 heteroatoms. The second kappa shape index (κ2) is 9.39. The van der Waals surface area contributed by atoms with E-state index in [1.54, 1.807) is 12.3 Å². The Morgan fingerprint density at radius 3 is 2.72 bits per heavy atom. The molecule has 0 spiro atoms. The van der Waals surface area contributed by atoms with Crippen molar-refractivity contribution in [2.75, 3.05) is 25.5 Å². The third-order valence-electron chi connectivity index (χ3n) is 7.35. The predicted octanol–water partition coefficient (Wildman–Crippen LogP) is 4.65. The molecule has 2 fully saturated rings. The molecule has 2 aliphatic rings. The van der Waals surface area contributed by atoms with E-state index in [1.807, 2.05) is 37.3 Å². The topological polar surface area (TPSA) is 83.6 Å². The molecule has 0 bridgehead atoms. The zero-order valence-electron chi connectivity index (χ0n) is 21.1. The average molecular weight is 485 g/mol. The van der Waals surface area contributed by atoms with Crippen molar-refractivity contribution in [2.45, 2.75) is 44.7 Å². The zero-order chi connectivity index (χ0) is 25.4. The van der Waals surface area contributed by atoms with Gasteiger partial charge in [-0.15, -0.1) is 0 Å². The molecule has 36 heavy (non-hydrogen) atoms. The Bertz CT molecular complexity index is 1360. The minimum Gasteiger partial charge on any atom is -0.490 e. The number of nitrogens with zero attached hydrogens (tertiary/aromatic N) is 2. The van der Waals surface area contributed by atoms with E-state index in [-0.39, 0.29) is 11.8 Å². The molecular formula is C29H32N4O3. The summed E-state index contributed by atoms with van der Waals surface area (Å²) in [5.41, 5.74) is 4.36. The van der Waals surface area contributed by atoms with Gasteiger partial charge in [0.2, 0.25) is 5.91 Å². The molecule has 2 amide bonds. The molecule has 2 N–H and O–H groups in total. The van der Waals surface area contributed by atoms with Crippen LogP contribution >= 0.6 is 0 Å². The van der Waals surface area contributed by atoms with E-state index in [9.17, 15) is 9.59 Å². The summed E-state index contributed by atoms with van der Waals surface area (Å²) in [7, 11) is 2.07. The van der Waals surface area contributed by atoms with Crippen LogP contribution < -0.4 is 15.4 Å². The summed E-state index contributed by atoms with van der Waals surface area (Å²) >= 11 is 0. The first-order valence-corrected chi connectivity index (χ1v) is 12.4. The summed E-state index contributed by atoms with van der Waals surface area (Å²) < 4.78 is 6.12. The summed E-state index contributed by atoms with van der Waals surface area (Å²) in [6.45, 7) is 8.82. The molecule has 1 aliphatic heterocycles. The van der Waals surface area contributed by atoms with Crippen LogP contribution in [0.4, 0.5) is 5.69 Å². The van der Waals surface area contributed by atoms with Gasteiger partial charge in [0.1, 0.15) is 12.4 Å². The molecule has 1 atom stereocenters. The predicted molar refractivity (Wildman–Crippen MR) is 142 cm³/mol. The van der Waals surface area contributed by atoms with Crippen LogP contribution in [0.2, 0.25) is 0 Å². The average Bonchev–Trinajstić information content (AvgIpc) is 3.63. The number of carbonyl (C=O) groups excluding carboxylic acids is 2. The Morgan fingerprint density at radius 2 is 2.08 bits per heavy atom. The van der Waals surface area contributed by atoms with Crippen molar-refractivity contribution >= 4 is 34.5 Å². The minimum absolute atomic E-state index is 0.161. The number of aryl methyl sites for hydroxylation is 1. The van der Waals surface area contributed by atoms with Gasteiger partial charge < -0.3 is 15.4 Å². The molecule has 7 nitrogen and oxygen atoms in total. The van der Waals surface area contributed by atoms with Gasteiger partial charge in [0.05, 0.1) is 16.7 Å². The van der Waals surface area contributed by atoms with Crippen LogP contribution in [0, 0.1) is 6.92 Å². The van der Waals surface area contributed by atoms with Gasteiger partial charge >= 0.3 is 0 Å². The third-order valence-corrected chi connectivity index (χ3v) is 7.35. The highest BCUT2D eigenvalue weighted by Gasteiger charge is 2.47. The van der Waals surface area contributed by atoms with Gasteiger partial charge in [-0.05, 0) is 86.8 Å². The number of pyridine rings is 1. The molecule has 1 unspecified atom stereocenters. The second-order valence-electron chi connectivity index (χ2n) is 9.96. The van der Waals surface area contributed by atoms with Crippen molar-refractivity contribution in [1.29, 1.82) is 0 Å². The molecule has 2 heterocycles. The number of rotatable bonds is 8. The number of aromatic nitrogens is 1. The summed E-state index contributed by atoms with van der Waals surface area (Å²) in [4.78, 5) is 32.2. The third kappa shape index (κ3) is 4.58. The maximum atomic E-state index is 13.6. The number of hydrogen-bond donors (Lipinski definition) is 2. The van der Waals surface area contributed by atoms with Crippen molar-refractivity contribution in [3.63, 3.8) is 0 Å². The quantitative estimate of drug-likeness (QED) is 0.486. The smallest absolute Gasteiger partial charge is 0.252 e. The van der Waals surface area contributed by atoms with Crippen molar-refractivity contribution in [3.8, 4) is 5.75 Å². The summed E-state index contributed by atoms with van der Waals surface area (Å²) in [6, 6.07) is 12.0. The highest BCUT2D eigenvalue weighted by atomic mass is 16.5. The largest absolute Gasteiger partial charge is 0.490 e. The van der Waals surface area contributed by atoms with Gasteiger partial charge in [0, 0.05) is 30.1 Å². The number of amides is 2. The first kappa shape index (κ1) is 24.0. The Hall–Kier alpha value is -3.71. The van der Waals surface area contributed by atoms with Gasteiger partial charge in [-0.3, -0.25) is 19.5 Å². The number of carbonyl (C=O) groups is 2. The number of nitrogens with one attached hydrogen (secondary N) is 2. The fourth-order valence-electron chi connectivity index (χ4n) is 4.90. The molecule has 3 aromatic rings. The second-order valence-corrected chi connectivity index (χ2v) is 9.96. The van der Waals surface area contributed by atoms with Crippen LogP contribution in [0.15, 0.2) is 49.2 Å². The van der Waals surface area contributed by atoms with Crippen LogP contribution in [0.1, 0.15) is 53.2 Å². The maximum Gasteiger partial charge on any atom is 0.252 e. The first-order chi connectivity index (χ1) is 17.3. The van der Waals surface area contributed by atoms with E-state index in [0.717, 1.165) is 53.4 Å². The summed E-state index contributed by atoms with van der Waals surface area (Å²) in [5, 5.41) is 7.19. The summed E-state index contributed by atoms with van der Waals surface area (Å²) in [6.07, 6.45) is 6.36. The molecule has 1 aliphatic carbocycles. The molecule has 1 saturated heterocycles. The number of likely N-dealkylation sites (N-methyl/N-ethyl adjacent to an activating group) is 1. The lowest BCUT2D eigenvalue weighted by Crippen LogP contribution is -2.48. The molecule has 186 valence electrons. The van der Waals surface area contributed by atoms with Gasteiger partial charge in [-0.2, -0.15) is 0 Å². The van der Waals surface area contributed by atoms with E-state index in [1.165, 1.54) is 6.92 Å². The van der Waals surface area contributed by atoms with Crippen molar-refractivity contribution in [3.05, 3.63) is 71.4 Å². The number of likely N-dealkylation sites (tertiary alicyclic amines) is 1. The Labute approximate surface area is 211 Å². The van der Waals surface area contributed by atoms with Gasteiger partial charge in [0.25, 0.3) is 5.91 Å². The lowest BCUT2D eigenvalue weighted by atomic mass is 9.95. The fraction of sp³-hybridized carbons (Fsp3) is 0.345. The van der Waals surface area contributed by atoms with E-state index < -0.39 is 5.54 Å². The highest BCUT2D eigenvalue weighted by Crippen LogP contribution is 2.48. The molecule has 2 aromatic carbocycles. The number of anilines is 1. The first-order valence-electron chi connectivity index (χ1n) is 12.4. The Morgan fingerprint density at radius 1 is 1.28 bits per heavy atom. The van der Waals surface area contributed by atoms with E-state index in [2.05, 4.69) is 40.2 Å². The van der Waals surface area contributed by atoms with Crippen LogP contribution in [0.5, 0.6) is 5.75 Å². The van der Waals surface area contributed by atoms with Crippen LogP contribution in [-0.4, -0.2) is 47.9 Å². The fourth-order valence-corrected chi connectivity index (χ4v) is 4.90. The van der Waals surface area contributed by atoms with Crippen LogP contribution in [0.25, 0.3) is 17.0 Å². The van der Waals surface area contributed by atoms with Crippen molar-refractivity contribution < 1.29 is 14.3 Å². The van der Waals surface area contributed by atoms with Crippen LogP contribution in [-0.2, 0) is 10.3 Å². The van der Waals surface area contributed by atoms with Gasteiger partial charge in [-0.1, -0.05) is 18.7 Å². The maximum absolute atomic E-state index is 13.6.